The molecule has 3 nitrogen and oxygen atoms in total. The molecule has 2 N–H and O–H groups in total. The third kappa shape index (κ3) is 3.83. The van der Waals surface area contributed by atoms with Crippen molar-refractivity contribution in [3.05, 3.63) is 24.2 Å². The molecule has 108 valence electrons. The van der Waals surface area contributed by atoms with Gasteiger partial charge in [-0.05, 0) is 49.7 Å². The molecule has 0 saturated heterocycles. The highest BCUT2D eigenvalue weighted by molar-refractivity contribution is 5.05. The molecule has 1 fully saturated rings. The summed E-state index contributed by atoms with van der Waals surface area (Å²) < 4.78 is 11.8. The van der Waals surface area contributed by atoms with Gasteiger partial charge in [0.1, 0.15) is 11.9 Å². The van der Waals surface area contributed by atoms with Gasteiger partial charge < -0.3 is 14.9 Å². The van der Waals surface area contributed by atoms with Crippen molar-refractivity contribution in [2.75, 3.05) is 0 Å². The van der Waals surface area contributed by atoms with Crippen molar-refractivity contribution < 1.29 is 9.15 Å². The molecule has 0 radical (unpaired) electrons. The van der Waals surface area contributed by atoms with E-state index in [1.54, 1.807) is 6.26 Å². The van der Waals surface area contributed by atoms with Crippen molar-refractivity contribution >= 4 is 0 Å². The summed E-state index contributed by atoms with van der Waals surface area (Å²) in [6, 6.07) is 3.87. The molecule has 0 amide bonds. The molecular formula is C16H27NO2. The van der Waals surface area contributed by atoms with Crippen LogP contribution < -0.4 is 5.73 Å². The smallest absolute Gasteiger partial charge is 0.134 e. The standard InChI is InChI=1S/C16H27NO2/c1-4-14(17)16(15-6-5-7-18-15)19-13-9-11(2)8-12(3)10-13/h5-7,11-14,16H,4,8-10,17H2,1-3H3. The first kappa shape index (κ1) is 14.6. The third-order valence-corrected chi connectivity index (χ3v) is 4.16. The highest BCUT2D eigenvalue weighted by Crippen LogP contribution is 2.34. The van der Waals surface area contributed by atoms with Gasteiger partial charge in [-0.3, -0.25) is 0 Å². The van der Waals surface area contributed by atoms with Crippen molar-refractivity contribution in [3.8, 4) is 0 Å². The maximum atomic E-state index is 6.31. The summed E-state index contributed by atoms with van der Waals surface area (Å²) in [7, 11) is 0. The lowest BCUT2D eigenvalue weighted by Gasteiger charge is -2.34. The molecule has 1 aliphatic rings. The van der Waals surface area contributed by atoms with Crippen LogP contribution in [-0.4, -0.2) is 12.1 Å². The molecule has 0 aromatic carbocycles. The Balaban J connectivity index is 2.03. The van der Waals surface area contributed by atoms with Crippen LogP contribution in [0.1, 0.15) is 58.3 Å². The van der Waals surface area contributed by atoms with Crippen LogP contribution in [0.2, 0.25) is 0 Å². The summed E-state index contributed by atoms with van der Waals surface area (Å²) in [5.74, 6) is 2.34. The lowest BCUT2D eigenvalue weighted by Crippen LogP contribution is -2.35. The van der Waals surface area contributed by atoms with Crippen LogP contribution in [0.5, 0.6) is 0 Å². The van der Waals surface area contributed by atoms with Crippen LogP contribution in [-0.2, 0) is 4.74 Å². The molecule has 0 spiro atoms. The van der Waals surface area contributed by atoms with E-state index in [1.807, 2.05) is 12.1 Å². The Hall–Kier alpha value is -0.800. The zero-order chi connectivity index (χ0) is 13.8. The van der Waals surface area contributed by atoms with Crippen LogP contribution in [0.15, 0.2) is 22.8 Å². The van der Waals surface area contributed by atoms with E-state index < -0.39 is 0 Å². The summed E-state index contributed by atoms with van der Waals surface area (Å²) in [5.41, 5.74) is 6.21. The number of nitrogens with two attached hydrogens (primary N) is 1. The topological polar surface area (TPSA) is 48.4 Å². The van der Waals surface area contributed by atoms with Crippen molar-refractivity contribution in [1.82, 2.24) is 0 Å². The predicted octanol–water partition coefficient (Wildman–Crippen LogP) is 3.90. The van der Waals surface area contributed by atoms with Crippen LogP contribution in [0.25, 0.3) is 0 Å². The largest absolute Gasteiger partial charge is 0.467 e. The fourth-order valence-electron chi connectivity index (χ4n) is 3.24. The Labute approximate surface area is 116 Å². The normalized spacial score (nSPS) is 31.1. The Morgan fingerprint density at radius 3 is 2.53 bits per heavy atom. The summed E-state index contributed by atoms with van der Waals surface area (Å²) in [6.07, 6.45) is 6.37. The molecule has 1 aliphatic carbocycles. The first-order valence-electron chi connectivity index (χ1n) is 7.54. The minimum atomic E-state index is -0.109. The van der Waals surface area contributed by atoms with Gasteiger partial charge in [-0.15, -0.1) is 0 Å². The van der Waals surface area contributed by atoms with Gasteiger partial charge in [-0.25, -0.2) is 0 Å². The number of rotatable bonds is 5. The Morgan fingerprint density at radius 1 is 1.32 bits per heavy atom. The van der Waals surface area contributed by atoms with E-state index in [1.165, 1.54) is 6.42 Å². The molecule has 0 bridgehead atoms. The second-order valence-electron chi connectivity index (χ2n) is 6.18. The first-order chi connectivity index (χ1) is 9.10. The van der Waals surface area contributed by atoms with Crippen LogP contribution in [0.4, 0.5) is 0 Å². The molecule has 4 atom stereocenters. The second kappa shape index (κ2) is 6.58. The summed E-state index contributed by atoms with van der Waals surface area (Å²) >= 11 is 0. The monoisotopic (exact) mass is 265 g/mol. The highest BCUT2D eigenvalue weighted by atomic mass is 16.5. The lowest BCUT2D eigenvalue weighted by molar-refractivity contribution is -0.0691. The Bertz CT molecular complexity index is 353. The Morgan fingerprint density at radius 2 is 2.00 bits per heavy atom. The molecular weight excluding hydrogens is 238 g/mol. The van der Waals surface area contributed by atoms with Gasteiger partial charge in [-0.2, -0.15) is 0 Å². The molecule has 4 unspecified atom stereocenters. The van der Waals surface area contributed by atoms with Crippen LogP contribution in [0, 0.1) is 11.8 Å². The van der Waals surface area contributed by atoms with Gasteiger partial charge in [0.05, 0.1) is 12.4 Å². The molecule has 1 heterocycles. The summed E-state index contributed by atoms with van der Waals surface area (Å²) in [5, 5.41) is 0. The molecule has 19 heavy (non-hydrogen) atoms. The second-order valence-corrected chi connectivity index (χ2v) is 6.18. The maximum Gasteiger partial charge on any atom is 0.134 e. The van der Waals surface area contributed by atoms with E-state index in [9.17, 15) is 0 Å². The quantitative estimate of drug-likeness (QED) is 0.878. The van der Waals surface area contributed by atoms with E-state index in [0.29, 0.717) is 6.10 Å². The molecule has 1 saturated carbocycles. The number of hydrogen-bond acceptors (Lipinski definition) is 3. The van der Waals surface area contributed by atoms with Gasteiger partial charge in [-0.1, -0.05) is 20.8 Å². The van der Waals surface area contributed by atoms with Crippen LogP contribution in [0.3, 0.4) is 0 Å². The molecule has 1 aromatic rings. The van der Waals surface area contributed by atoms with Gasteiger partial charge in [0.25, 0.3) is 0 Å². The highest BCUT2D eigenvalue weighted by Gasteiger charge is 2.30. The Kier molecular flexibility index (Phi) is 5.06. The molecule has 0 aliphatic heterocycles. The van der Waals surface area contributed by atoms with E-state index >= 15 is 0 Å². The zero-order valence-electron chi connectivity index (χ0n) is 12.3. The average Bonchev–Trinajstić information content (AvgIpc) is 2.87. The van der Waals surface area contributed by atoms with Gasteiger partial charge in [0.2, 0.25) is 0 Å². The summed E-state index contributed by atoms with van der Waals surface area (Å²) in [4.78, 5) is 0. The average molecular weight is 265 g/mol. The minimum Gasteiger partial charge on any atom is -0.467 e. The number of hydrogen-bond donors (Lipinski definition) is 1. The molecule has 3 heteroatoms. The number of furan rings is 1. The fraction of sp³-hybridized carbons (Fsp3) is 0.750. The molecule has 1 aromatic heterocycles. The van der Waals surface area contributed by atoms with E-state index in [2.05, 4.69) is 20.8 Å². The maximum absolute atomic E-state index is 6.31. The van der Waals surface area contributed by atoms with Crippen molar-refractivity contribution in [2.45, 2.75) is 64.7 Å². The van der Waals surface area contributed by atoms with Gasteiger partial charge >= 0.3 is 0 Å². The predicted molar refractivity (Wildman–Crippen MR) is 76.8 cm³/mol. The van der Waals surface area contributed by atoms with E-state index in [0.717, 1.165) is 36.9 Å². The fourth-order valence-corrected chi connectivity index (χ4v) is 3.24. The van der Waals surface area contributed by atoms with Crippen molar-refractivity contribution in [1.29, 1.82) is 0 Å². The van der Waals surface area contributed by atoms with E-state index in [-0.39, 0.29) is 12.1 Å². The lowest BCUT2D eigenvalue weighted by atomic mass is 9.81. The van der Waals surface area contributed by atoms with Crippen molar-refractivity contribution in [2.24, 2.45) is 17.6 Å². The third-order valence-electron chi connectivity index (χ3n) is 4.16. The minimum absolute atomic E-state index is 0.00121. The molecule has 2 rings (SSSR count). The van der Waals surface area contributed by atoms with Gasteiger partial charge in [0, 0.05) is 6.04 Å². The van der Waals surface area contributed by atoms with Crippen molar-refractivity contribution in [3.63, 3.8) is 0 Å². The summed E-state index contributed by atoms with van der Waals surface area (Å²) in [6.45, 7) is 6.72. The SMILES string of the molecule is CCC(N)C(OC1CC(C)CC(C)C1)c1ccco1. The number of ether oxygens (including phenoxy) is 1. The van der Waals surface area contributed by atoms with Crippen LogP contribution >= 0.6 is 0 Å². The first-order valence-corrected chi connectivity index (χ1v) is 7.54. The van der Waals surface area contributed by atoms with Gasteiger partial charge in [0.15, 0.2) is 0 Å². The van der Waals surface area contributed by atoms with E-state index in [4.69, 9.17) is 14.9 Å². The zero-order valence-corrected chi connectivity index (χ0v) is 12.3.